The van der Waals surface area contributed by atoms with Crippen LogP contribution in [0.15, 0.2) is 103 Å². The van der Waals surface area contributed by atoms with Crippen molar-refractivity contribution in [3.8, 4) is 11.1 Å². The average molecular weight is 670 g/mol. The normalized spacial score (nSPS) is 27.8. The van der Waals surface area contributed by atoms with Crippen molar-refractivity contribution in [3.63, 3.8) is 0 Å². The average Bonchev–Trinajstić information content (AvgIpc) is 3.63. The van der Waals surface area contributed by atoms with Gasteiger partial charge in [0.1, 0.15) is 0 Å². The molecule has 0 radical (unpaired) electrons. The summed E-state index contributed by atoms with van der Waals surface area (Å²) in [6, 6.07) is 40.6. The van der Waals surface area contributed by atoms with Gasteiger partial charge >= 0.3 is 0 Å². The van der Waals surface area contributed by atoms with Crippen LogP contribution in [0.5, 0.6) is 0 Å². The molecule has 2 heteroatoms. The van der Waals surface area contributed by atoms with Crippen LogP contribution in [0.2, 0.25) is 0 Å². The van der Waals surface area contributed by atoms with E-state index < -0.39 is 0 Å². The fourth-order valence-corrected chi connectivity index (χ4v) is 13.6. The van der Waals surface area contributed by atoms with Gasteiger partial charge in [-0.15, -0.1) is 11.3 Å². The Hall–Kier alpha value is -3.88. The minimum Gasteiger partial charge on any atom is -0.310 e. The lowest BCUT2D eigenvalue weighted by Gasteiger charge is -2.61. The van der Waals surface area contributed by atoms with Gasteiger partial charge in [-0.1, -0.05) is 94.4 Å². The van der Waals surface area contributed by atoms with E-state index in [0.29, 0.717) is 0 Å². The maximum absolute atomic E-state index is 2.71. The number of hydrogen-bond donors (Lipinski definition) is 0. The third kappa shape index (κ3) is 3.84. The number of hydrogen-bond acceptors (Lipinski definition) is 2. The Kier molecular flexibility index (Phi) is 6.04. The third-order valence-corrected chi connectivity index (χ3v) is 15.6. The lowest BCUT2D eigenvalue weighted by atomic mass is 9.43. The lowest BCUT2D eigenvalue weighted by molar-refractivity contribution is -0.0399. The van der Waals surface area contributed by atoms with Crippen molar-refractivity contribution in [2.24, 2.45) is 23.7 Å². The molecule has 0 aliphatic heterocycles. The zero-order valence-corrected chi connectivity index (χ0v) is 30.7. The minimum absolute atomic E-state index is 0.0668. The molecule has 0 unspecified atom stereocenters. The molecule has 6 aliphatic rings. The van der Waals surface area contributed by atoms with Crippen LogP contribution in [0.4, 0.5) is 17.1 Å². The first-order valence-electron chi connectivity index (χ1n) is 19.3. The zero-order valence-electron chi connectivity index (χ0n) is 29.9. The molecule has 4 saturated carbocycles. The predicted molar refractivity (Wildman–Crippen MR) is 213 cm³/mol. The van der Waals surface area contributed by atoms with Gasteiger partial charge in [-0.25, -0.2) is 0 Å². The minimum atomic E-state index is 0.0668. The molecule has 250 valence electrons. The van der Waals surface area contributed by atoms with Crippen LogP contribution < -0.4 is 4.90 Å². The Labute approximate surface area is 301 Å². The van der Waals surface area contributed by atoms with Crippen molar-refractivity contribution in [1.29, 1.82) is 0 Å². The van der Waals surface area contributed by atoms with E-state index in [9.17, 15) is 0 Å². The Balaban J connectivity index is 1.22. The van der Waals surface area contributed by atoms with Crippen LogP contribution in [0.25, 0.3) is 31.3 Å². The van der Waals surface area contributed by atoms with Gasteiger partial charge < -0.3 is 4.90 Å². The van der Waals surface area contributed by atoms with Gasteiger partial charge in [0.25, 0.3) is 0 Å². The van der Waals surface area contributed by atoms with Gasteiger partial charge in [0.15, 0.2) is 0 Å². The largest absolute Gasteiger partial charge is 0.310 e. The molecule has 5 aromatic carbocycles. The molecule has 1 heterocycles. The molecule has 6 aromatic rings. The van der Waals surface area contributed by atoms with E-state index in [-0.39, 0.29) is 16.2 Å². The summed E-state index contributed by atoms with van der Waals surface area (Å²) < 4.78 is 2.73. The fourth-order valence-electron chi connectivity index (χ4n) is 12.5. The maximum Gasteiger partial charge on any atom is 0.0543 e. The summed E-state index contributed by atoms with van der Waals surface area (Å²) in [5.41, 5.74) is 13.6. The first kappa shape index (κ1) is 29.8. The summed E-state index contributed by atoms with van der Waals surface area (Å²) in [5, 5.41) is 2.73. The van der Waals surface area contributed by atoms with Gasteiger partial charge in [0.2, 0.25) is 0 Å². The highest BCUT2D eigenvalue weighted by molar-refractivity contribution is 7.25. The molecule has 0 N–H and O–H groups in total. The molecule has 0 atom stereocenters. The summed E-state index contributed by atoms with van der Waals surface area (Å²) in [6.45, 7) is 9.91. The third-order valence-electron chi connectivity index (χ3n) is 14.5. The molecule has 50 heavy (non-hydrogen) atoms. The summed E-state index contributed by atoms with van der Waals surface area (Å²) in [4.78, 5) is 2.71. The Morgan fingerprint density at radius 1 is 0.560 bits per heavy atom. The van der Waals surface area contributed by atoms with Gasteiger partial charge in [-0.2, -0.15) is 0 Å². The second kappa shape index (κ2) is 10.1. The fraction of sp³-hybridized carbons (Fsp3) is 0.375. The second-order valence-corrected chi connectivity index (χ2v) is 19.1. The van der Waals surface area contributed by atoms with E-state index in [0.717, 1.165) is 23.7 Å². The van der Waals surface area contributed by atoms with Crippen molar-refractivity contribution >= 4 is 48.6 Å². The molecular formula is C48H47NS. The van der Waals surface area contributed by atoms with E-state index in [1.807, 2.05) is 11.3 Å². The topological polar surface area (TPSA) is 3.24 Å². The van der Waals surface area contributed by atoms with E-state index >= 15 is 0 Å². The van der Waals surface area contributed by atoms with Crippen molar-refractivity contribution < 1.29 is 0 Å². The van der Waals surface area contributed by atoms with Crippen molar-refractivity contribution in [2.75, 3.05) is 4.90 Å². The molecule has 1 spiro atoms. The van der Waals surface area contributed by atoms with Crippen molar-refractivity contribution in [3.05, 3.63) is 125 Å². The molecule has 1 nitrogen and oxygen atoms in total. The number of benzene rings is 5. The number of rotatable bonds is 3. The molecule has 1 aromatic heterocycles. The van der Waals surface area contributed by atoms with E-state index in [4.69, 9.17) is 0 Å². The predicted octanol–water partition coefficient (Wildman–Crippen LogP) is 13.6. The maximum atomic E-state index is 2.71. The highest BCUT2D eigenvalue weighted by Gasteiger charge is 2.62. The molecule has 6 aliphatic carbocycles. The molecule has 4 fully saturated rings. The first-order valence-corrected chi connectivity index (χ1v) is 20.1. The SMILES string of the molecule is CC1(C)CCC(C)(C)c2c(N(c3ccc4sc5ccccc5c4c3)c3cccc4c3-c3ccccc3C43C4CC5CC(C4)CC3C5)cccc21. The van der Waals surface area contributed by atoms with Crippen molar-refractivity contribution in [1.82, 2.24) is 0 Å². The molecule has 0 saturated heterocycles. The van der Waals surface area contributed by atoms with E-state index in [1.54, 1.807) is 11.1 Å². The Morgan fingerprint density at radius 2 is 1.20 bits per heavy atom. The highest BCUT2D eigenvalue weighted by atomic mass is 32.1. The number of nitrogens with zero attached hydrogens (tertiary/aromatic N) is 1. The Morgan fingerprint density at radius 3 is 2.00 bits per heavy atom. The summed E-state index contributed by atoms with van der Waals surface area (Å²) >= 11 is 1.92. The standard InChI is InChI=1S/C48H47NS/c1-46(2)21-22-47(3,4)45-39(46)15-10-17-41(45)49(33-19-20-43-36(28-33)34-11-6-8-18-42(34)50-43)40-16-9-14-38-44(40)35-12-5-7-13-37(35)48(38)31-24-29-23-30(26-31)27-32(48)25-29/h5-20,28-32H,21-27H2,1-4H3. The summed E-state index contributed by atoms with van der Waals surface area (Å²) in [7, 11) is 0. The van der Waals surface area contributed by atoms with Crippen LogP contribution in [0.3, 0.4) is 0 Å². The molecular weight excluding hydrogens is 623 g/mol. The quantitative estimate of drug-likeness (QED) is 0.181. The van der Waals surface area contributed by atoms with Gasteiger partial charge in [0, 0.05) is 36.8 Å². The molecule has 0 amide bonds. The second-order valence-electron chi connectivity index (χ2n) is 18.0. The van der Waals surface area contributed by atoms with Crippen LogP contribution in [0, 0.1) is 23.7 Å². The van der Waals surface area contributed by atoms with E-state index in [2.05, 4.69) is 136 Å². The van der Waals surface area contributed by atoms with Crippen LogP contribution in [-0.2, 0) is 16.2 Å². The zero-order chi connectivity index (χ0) is 33.6. The summed E-state index contributed by atoms with van der Waals surface area (Å²) in [5.74, 6) is 3.38. The lowest BCUT2D eigenvalue weighted by Crippen LogP contribution is -2.55. The van der Waals surface area contributed by atoms with Crippen LogP contribution in [0.1, 0.15) is 94.9 Å². The monoisotopic (exact) mass is 669 g/mol. The Bertz CT molecular complexity index is 2340. The van der Waals surface area contributed by atoms with E-state index in [1.165, 1.54) is 104 Å². The smallest absolute Gasteiger partial charge is 0.0543 e. The van der Waals surface area contributed by atoms with Crippen molar-refractivity contribution in [2.45, 2.75) is 88.9 Å². The number of fused-ring (bicyclic) bond motifs is 7. The first-order chi connectivity index (χ1) is 24.2. The highest BCUT2D eigenvalue weighted by Crippen LogP contribution is 2.70. The number of anilines is 3. The van der Waals surface area contributed by atoms with Gasteiger partial charge in [-0.3, -0.25) is 0 Å². The number of thiophene rings is 1. The van der Waals surface area contributed by atoms with Crippen LogP contribution in [-0.4, -0.2) is 0 Å². The van der Waals surface area contributed by atoms with Gasteiger partial charge in [0.05, 0.1) is 11.4 Å². The van der Waals surface area contributed by atoms with Crippen LogP contribution >= 0.6 is 11.3 Å². The molecule has 4 bridgehead atoms. The summed E-state index contributed by atoms with van der Waals surface area (Å²) in [6.07, 6.45) is 9.52. The van der Waals surface area contributed by atoms with Gasteiger partial charge in [-0.05, 0) is 144 Å². The molecule has 12 rings (SSSR count).